The van der Waals surface area contributed by atoms with Gasteiger partial charge in [0.15, 0.2) is 0 Å². The average Bonchev–Trinajstić information content (AvgIpc) is 3.65. The first-order chi connectivity index (χ1) is 22.9. The first kappa shape index (κ1) is 32.5. The number of hydrogen-bond acceptors (Lipinski definition) is 7. The largest absolute Gasteiger partial charge is 0.465 e. The van der Waals surface area contributed by atoms with Gasteiger partial charge >= 0.3 is 12.1 Å². The first-order valence-corrected chi connectivity index (χ1v) is 16.4. The summed E-state index contributed by atoms with van der Waals surface area (Å²) in [7, 11) is 0. The number of hydrogen-bond donors (Lipinski definition) is 3. The molecule has 1 fully saturated rings. The Hall–Kier alpha value is -5.43. The molecule has 1 unspecified atom stereocenters. The van der Waals surface area contributed by atoms with Gasteiger partial charge in [-0.05, 0) is 76.1 Å². The van der Waals surface area contributed by atoms with Gasteiger partial charge in [-0.2, -0.15) is 0 Å². The van der Waals surface area contributed by atoms with E-state index in [2.05, 4.69) is 15.6 Å². The molecule has 2 aromatic heterocycles. The van der Waals surface area contributed by atoms with Crippen molar-refractivity contribution in [2.75, 3.05) is 29.9 Å². The highest BCUT2D eigenvalue weighted by Gasteiger charge is 2.35. The number of nitrogens with zero attached hydrogens (tertiary/aromatic N) is 4. The molecule has 1 atom stereocenters. The van der Waals surface area contributed by atoms with Crippen molar-refractivity contribution >= 4 is 62.6 Å². The van der Waals surface area contributed by atoms with Crippen LogP contribution in [0.15, 0.2) is 72.9 Å². The summed E-state index contributed by atoms with van der Waals surface area (Å²) >= 11 is 1.20. The molecular formula is C35H36N6O6S. The minimum Gasteiger partial charge on any atom is -0.465 e. The molecule has 2 aliphatic heterocycles. The molecular weight excluding hydrogens is 632 g/mol. The predicted octanol–water partition coefficient (Wildman–Crippen LogP) is 6.75. The van der Waals surface area contributed by atoms with Crippen LogP contribution >= 0.6 is 11.3 Å². The highest BCUT2D eigenvalue weighted by molar-refractivity contribution is 7.21. The third kappa shape index (κ3) is 6.54. The van der Waals surface area contributed by atoms with Gasteiger partial charge in [0.25, 0.3) is 5.91 Å². The Bertz CT molecular complexity index is 1930. The van der Waals surface area contributed by atoms with Gasteiger partial charge in [-0.15, -0.1) is 11.3 Å². The van der Waals surface area contributed by atoms with E-state index in [0.29, 0.717) is 63.2 Å². The molecule has 0 bridgehead atoms. The lowest BCUT2D eigenvalue weighted by molar-refractivity contribution is -0.125. The smallest absolute Gasteiger partial charge is 0.408 e. The minimum absolute atomic E-state index is 0.0833. The Morgan fingerprint density at radius 3 is 2.60 bits per heavy atom. The van der Waals surface area contributed by atoms with Crippen molar-refractivity contribution in [3.63, 3.8) is 0 Å². The van der Waals surface area contributed by atoms with E-state index in [-0.39, 0.29) is 24.4 Å². The van der Waals surface area contributed by atoms with Crippen molar-refractivity contribution in [3.8, 4) is 11.5 Å². The van der Waals surface area contributed by atoms with Gasteiger partial charge in [0.2, 0.25) is 5.91 Å². The van der Waals surface area contributed by atoms with Crippen LogP contribution in [0.3, 0.4) is 0 Å². The van der Waals surface area contributed by atoms with Gasteiger partial charge in [0, 0.05) is 43.5 Å². The van der Waals surface area contributed by atoms with E-state index >= 15 is 0 Å². The molecule has 4 heterocycles. The fourth-order valence-corrected chi connectivity index (χ4v) is 6.91. The number of aromatic nitrogens is 1. The number of nitrogens with one attached hydrogen (secondary N) is 2. The molecule has 0 radical (unpaired) electrons. The number of urea groups is 1. The monoisotopic (exact) mass is 668 g/mol. The van der Waals surface area contributed by atoms with E-state index in [1.54, 1.807) is 48.9 Å². The second-order valence-corrected chi connectivity index (χ2v) is 13.7. The molecule has 12 nitrogen and oxygen atoms in total. The molecule has 3 N–H and O–H groups in total. The number of benzene rings is 2. The highest BCUT2D eigenvalue weighted by Crippen LogP contribution is 2.46. The summed E-state index contributed by atoms with van der Waals surface area (Å²) in [5.41, 5.74) is 1.91. The second kappa shape index (κ2) is 13.0. The first-order valence-electron chi connectivity index (χ1n) is 15.5. The Labute approximate surface area is 281 Å². The molecule has 2 aliphatic rings. The van der Waals surface area contributed by atoms with E-state index < -0.39 is 17.7 Å². The number of carboxylic acid groups (broad SMARTS) is 1. The number of para-hydroxylation sites is 1. The highest BCUT2D eigenvalue weighted by atomic mass is 32.1. The molecule has 5 amide bonds. The molecule has 4 aromatic rings. The van der Waals surface area contributed by atoms with E-state index in [0.717, 1.165) is 5.56 Å². The number of thiophene rings is 1. The molecule has 2 aromatic carbocycles. The zero-order valence-electron chi connectivity index (χ0n) is 27.0. The van der Waals surface area contributed by atoms with Gasteiger partial charge in [0.1, 0.15) is 21.2 Å². The standard InChI is InChI=1S/C35H36N6O6S/c1-21-19-24(47-23-9-6-5-7-10-23)12-13-25(21)41-26-14-16-36-32-28(26)29(38-33(41)44)30(48-32)31(43)37-22-15-18-39(20-22)27(42)11-8-17-40(34(45)46)35(2,3)4/h5-14,16,19,22H,15,17-18,20H2,1-4H3,(H,37,43)(H,38,44)(H,45,46). The van der Waals surface area contributed by atoms with Gasteiger partial charge in [-0.25, -0.2) is 14.6 Å². The quantitative estimate of drug-likeness (QED) is 0.176. The van der Waals surface area contributed by atoms with Gasteiger partial charge in [-0.3, -0.25) is 19.4 Å². The topological polar surface area (TPSA) is 144 Å². The summed E-state index contributed by atoms with van der Waals surface area (Å²) < 4.78 is 5.97. The lowest BCUT2D eigenvalue weighted by atomic mass is 10.1. The van der Waals surface area contributed by atoms with Crippen LogP contribution in [0, 0.1) is 6.92 Å². The van der Waals surface area contributed by atoms with Crippen LogP contribution in [0.25, 0.3) is 10.2 Å². The fraction of sp³-hybridized carbons (Fsp3) is 0.286. The van der Waals surface area contributed by atoms with E-state index in [1.807, 2.05) is 55.5 Å². The zero-order valence-corrected chi connectivity index (χ0v) is 27.8. The van der Waals surface area contributed by atoms with Gasteiger partial charge < -0.3 is 25.4 Å². The number of likely N-dealkylation sites (tertiary alicyclic amines) is 1. The molecule has 0 saturated carbocycles. The van der Waals surface area contributed by atoms with E-state index in [1.165, 1.54) is 22.3 Å². The summed E-state index contributed by atoms with van der Waals surface area (Å²) in [6, 6.07) is 16.0. The second-order valence-electron chi connectivity index (χ2n) is 12.7. The molecule has 13 heteroatoms. The molecule has 0 aliphatic carbocycles. The van der Waals surface area contributed by atoms with Crippen molar-refractivity contribution in [2.24, 2.45) is 0 Å². The zero-order chi connectivity index (χ0) is 34.2. The van der Waals surface area contributed by atoms with E-state index in [4.69, 9.17) is 4.74 Å². The minimum atomic E-state index is -1.06. The maximum atomic E-state index is 13.6. The fourth-order valence-electron chi connectivity index (χ4n) is 5.88. The van der Waals surface area contributed by atoms with Crippen molar-refractivity contribution in [1.82, 2.24) is 20.1 Å². The molecule has 0 spiro atoms. The van der Waals surface area contributed by atoms with Crippen LogP contribution in [0.2, 0.25) is 0 Å². The normalized spacial score (nSPS) is 15.9. The number of anilines is 3. The van der Waals surface area contributed by atoms with Crippen molar-refractivity contribution in [3.05, 3.63) is 83.4 Å². The molecule has 1 saturated heterocycles. The third-order valence-electron chi connectivity index (χ3n) is 8.26. The maximum Gasteiger partial charge on any atom is 0.408 e. The summed E-state index contributed by atoms with van der Waals surface area (Å²) in [4.78, 5) is 61.5. The average molecular weight is 669 g/mol. The Morgan fingerprint density at radius 1 is 1.12 bits per heavy atom. The van der Waals surface area contributed by atoms with E-state index in [9.17, 15) is 24.3 Å². The number of carbonyl (C=O) groups is 4. The van der Waals surface area contributed by atoms with Gasteiger partial charge in [0.05, 0.1) is 22.4 Å². The van der Waals surface area contributed by atoms with Crippen LogP contribution in [0.4, 0.5) is 26.7 Å². The summed E-state index contributed by atoms with van der Waals surface area (Å²) in [5.74, 6) is 0.741. The number of carbonyl (C=O) groups excluding carboxylic acids is 3. The summed E-state index contributed by atoms with van der Waals surface area (Å²) in [6.07, 6.45) is 4.04. The lowest BCUT2D eigenvalue weighted by Gasteiger charge is -2.32. The summed E-state index contributed by atoms with van der Waals surface area (Å²) in [5, 5.41) is 16.1. The van der Waals surface area contributed by atoms with Crippen molar-refractivity contribution in [1.29, 1.82) is 0 Å². The van der Waals surface area contributed by atoms with Crippen molar-refractivity contribution in [2.45, 2.75) is 45.7 Å². The number of aryl methyl sites for hydroxylation is 1. The number of pyridine rings is 1. The van der Waals surface area contributed by atoms with Crippen LogP contribution < -0.4 is 20.3 Å². The Kier molecular flexibility index (Phi) is 8.80. The number of amides is 5. The predicted molar refractivity (Wildman–Crippen MR) is 185 cm³/mol. The third-order valence-corrected chi connectivity index (χ3v) is 9.36. The Morgan fingerprint density at radius 2 is 1.90 bits per heavy atom. The van der Waals surface area contributed by atoms with Gasteiger partial charge in [-0.1, -0.05) is 24.3 Å². The van der Waals surface area contributed by atoms with Crippen molar-refractivity contribution < 1.29 is 29.0 Å². The number of rotatable bonds is 8. The Balaban J connectivity index is 1.16. The van der Waals surface area contributed by atoms with Crippen LogP contribution in [-0.4, -0.2) is 75.0 Å². The summed E-state index contributed by atoms with van der Waals surface area (Å²) in [6.45, 7) is 8.11. The van der Waals surface area contributed by atoms with Crippen LogP contribution in [-0.2, 0) is 4.79 Å². The lowest BCUT2D eigenvalue weighted by Crippen LogP contribution is -2.45. The van der Waals surface area contributed by atoms with Crippen LogP contribution in [0.5, 0.6) is 11.5 Å². The molecule has 6 rings (SSSR count). The number of ether oxygens (including phenoxy) is 1. The molecule has 248 valence electrons. The molecule has 48 heavy (non-hydrogen) atoms. The maximum absolute atomic E-state index is 13.6. The SMILES string of the molecule is Cc1cc(Oc2ccccc2)ccc1N1C(=O)Nc2c(C(=O)NC3CCN(C(=O)C=CCN(C(=O)O)C(C)(C)C)C3)sc3nccc1c23. The van der Waals surface area contributed by atoms with Crippen LogP contribution in [0.1, 0.15) is 42.4 Å².